The minimum Gasteiger partial charge on any atom is -0.467 e. The summed E-state index contributed by atoms with van der Waals surface area (Å²) < 4.78 is 11.6. The molecule has 0 spiro atoms. The van der Waals surface area contributed by atoms with Crippen LogP contribution in [0.25, 0.3) is 11.0 Å². The van der Waals surface area contributed by atoms with E-state index in [1.165, 1.54) is 12.0 Å². The number of ether oxygens (including phenoxy) is 1. The number of halogens is 1. The molecule has 0 fully saturated rings. The number of carbonyl (C=O) groups excluding carboxylic acids is 2. The van der Waals surface area contributed by atoms with Crippen LogP contribution in [0.4, 0.5) is 0 Å². The number of esters is 1. The molecule has 4 rings (SSSR count). The van der Waals surface area contributed by atoms with Gasteiger partial charge in [0.15, 0.2) is 5.76 Å². The molecule has 0 aliphatic carbocycles. The molecule has 1 aliphatic heterocycles. The van der Waals surface area contributed by atoms with Crippen molar-refractivity contribution in [3.05, 3.63) is 69.9 Å². The van der Waals surface area contributed by atoms with Crippen molar-refractivity contribution in [1.29, 1.82) is 0 Å². The van der Waals surface area contributed by atoms with Crippen molar-refractivity contribution >= 4 is 38.8 Å². The van der Waals surface area contributed by atoms with Crippen LogP contribution in [0.15, 0.2) is 57.4 Å². The van der Waals surface area contributed by atoms with E-state index in [-0.39, 0.29) is 11.7 Å². The van der Waals surface area contributed by atoms with Gasteiger partial charge in [-0.1, -0.05) is 40.2 Å². The van der Waals surface area contributed by atoms with E-state index in [0.29, 0.717) is 18.5 Å². The monoisotopic (exact) mass is 413 g/mol. The van der Waals surface area contributed by atoms with Crippen LogP contribution in [-0.4, -0.2) is 29.9 Å². The third-order valence-corrected chi connectivity index (χ3v) is 5.17. The van der Waals surface area contributed by atoms with E-state index in [9.17, 15) is 9.59 Å². The highest BCUT2D eigenvalue weighted by Crippen LogP contribution is 2.28. The normalized spacial score (nSPS) is 16.4. The van der Waals surface area contributed by atoms with Gasteiger partial charge in [-0.05, 0) is 35.4 Å². The van der Waals surface area contributed by atoms with Gasteiger partial charge in [-0.15, -0.1) is 0 Å². The summed E-state index contributed by atoms with van der Waals surface area (Å²) >= 11 is 3.41. The van der Waals surface area contributed by atoms with E-state index in [1.54, 1.807) is 12.1 Å². The maximum atomic E-state index is 13.1. The van der Waals surface area contributed by atoms with E-state index in [0.717, 1.165) is 21.0 Å². The molecule has 132 valence electrons. The van der Waals surface area contributed by atoms with Crippen molar-refractivity contribution in [2.45, 2.75) is 19.0 Å². The number of benzene rings is 2. The molecule has 1 aromatic heterocycles. The first kappa shape index (κ1) is 16.8. The number of rotatable bonds is 2. The zero-order chi connectivity index (χ0) is 18.3. The van der Waals surface area contributed by atoms with Gasteiger partial charge in [0.05, 0.1) is 7.11 Å². The SMILES string of the molecule is COC(=O)C1Cc2ccccc2CN1C(=O)c1cc2cc(Br)ccc2o1. The lowest BCUT2D eigenvalue weighted by atomic mass is 9.93. The molecular formula is C20H16BrNO4. The van der Waals surface area contributed by atoms with Crippen LogP contribution in [0, 0.1) is 0 Å². The predicted molar refractivity (Wildman–Crippen MR) is 99.7 cm³/mol. The Balaban J connectivity index is 1.72. The molecule has 1 amide bonds. The van der Waals surface area contributed by atoms with Gasteiger partial charge in [-0.2, -0.15) is 0 Å². The van der Waals surface area contributed by atoms with E-state index >= 15 is 0 Å². The van der Waals surface area contributed by atoms with Crippen LogP contribution in [-0.2, 0) is 22.5 Å². The van der Waals surface area contributed by atoms with Crippen molar-refractivity contribution < 1.29 is 18.7 Å². The number of hydrogen-bond donors (Lipinski definition) is 0. The van der Waals surface area contributed by atoms with Crippen molar-refractivity contribution in [1.82, 2.24) is 4.90 Å². The fraction of sp³-hybridized carbons (Fsp3) is 0.200. The fourth-order valence-corrected chi connectivity index (χ4v) is 3.72. The molecule has 1 aliphatic rings. The minimum atomic E-state index is -0.664. The first-order valence-corrected chi connectivity index (χ1v) is 9.01. The summed E-state index contributed by atoms with van der Waals surface area (Å²) in [6.07, 6.45) is 0.431. The number of fused-ring (bicyclic) bond motifs is 2. The molecular weight excluding hydrogens is 398 g/mol. The van der Waals surface area contributed by atoms with Gasteiger partial charge >= 0.3 is 5.97 Å². The number of carbonyl (C=O) groups is 2. The van der Waals surface area contributed by atoms with E-state index in [2.05, 4.69) is 15.9 Å². The minimum absolute atomic E-state index is 0.214. The summed E-state index contributed by atoms with van der Waals surface area (Å²) in [5, 5.41) is 0.828. The maximum absolute atomic E-state index is 13.1. The quantitative estimate of drug-likeness (QED) is 0.597. The van der Waals surface area contributed by atoms with E-state index < -0.39 is 12.0 Å². The number of amides is 1. The Kier molecular flexibility index (Phi) is 4.28. The Morgan fingerprint density at radius 3 is 2.69 bits per heavy atom. The molecule has 0 saturated heterocycles. The Morgan fingerprint density at radius 2 is 1.92 bits per heavy atom. The average Bonchev–Trinajstić information content (AvgIpc) is 3.08. The van der Waals surface area contributed by atoms with Crippen LogP contribution in [0.5, 0.6) is 0 Å². The smallest absolute Gasteiger partial charge is 0.328 e. The second-order valence-electron chi connectivity index (χ2n) is 6.24. The van der Waals surface area contributed by atoms with Crippen LogP contribution in [0.2, 0.25) is 0 Å². The van der Waals surface area contributed by atoms with Gasteiger partial charge in [-0.3, -0.25) is 4.79 Å². The van der Waals surface area contributed by atoms with Crippen LogP contribution in [0.3, 0.4) is 0 Å². The van der Waals surface area contributed by atoms with Gasteiger partial charge in [0, 0.05) is 22.8 Å². The summed E-state index contributed by atoms with van der Waals surface area (Å²) in [4.78, 5) is 26.9. The molecule has 0 radical (unpaired) electrons. The highest BCUT2D eigenvalue weighted by atomic mass is 79.9. The largest absolute Gasteiger partial charge is 0.467 e. The topological polar surface area (TPSA) is 59.8 Å². The summed E-state index contributed by atoms with van der Waals surface area (Å²) in [7, 11) is 1.34. The van der Waals surface area contributed by atoms with Crippen LogP contribution >= 0.6 is 15.9 Å². The van der Waals surface area contributed by atoms with Crippen molar-refractivity contribution in [2.75, 3.05) is 7.11 Å². The lowest BCUT2D eigenvalue weighted by molar-refractivity contribution is -0.146. The first-order chi connectivity index (χ1) is 12.6. The van der Waals surface area contributed by atoms with Crippen LogP contribution < -0.4 is 0 Å². The van der Waals surface area contributed by atoms with Crippen molar-refractivity contribution in [2.24, 2.45) is 0 Å². The summed E-state index contributed by atoms with van der Waals surface area (Å²) in [6, 6.07) is 14.4. The summed E-state index contributed by atoms with van der Waals surface area (Å²) in [6.45, 7) is 0.343. The van der Waals surface area contributed by atoms with E-state index in [1.807, 2.05) is 36.4 Å². The maximum Gasteiger partial charge on any atom is 0.328 e. The van der Waals surface area contributed by atoms with Gasteiger partial charge in [0.1, 0.15) is 11.6 Å². The molecule has 6 heteroatoms. The number of furan rings is 1. The Morgan fingerprint density at radius 1 is 1.15 bits per heavy atom. The van der Waals surface area contributed by atoms with Crippen LogP contribution in [0.1, 0.15) is 21.7 Å². The number of hydrogen-bond acceptors (Lipinski definition) is 4. The molecule has 1 atom stereocenters. The Bertz CT molecular complexity index is 1010. The fourth-order valence-electron chi connectivity index (χ4n) is 3.34. The van der Waals surface area contributed by atoms with Gasteiger partial charge in [0.25, 0.3) is 5.91 Å². The van der Waals surface area contributed by atoms with Crippen molar-refractivity contribution in [3.63, 3.8) is 0 Å². The first-order valence-electron chi connectivity index (χ1n) is 8.21. The summed E-state index contributed by atoms with van der Waals surface area (Å²) in [5.41, 5.74) is 2.71. The molecule has 0 bridgehead atoms. The number of nitrogens with zero attached hydrogens (tertiary/aromatic N) is 1. The zero-order valence-corrected chi connectivity index (χ0v) is 15.7. The third kappa shape index (κ3) is 2.90. The Labute approximate surface area is 158 Å². The molecule has 1 unspecified atom stereocenters. The average molecular weight is 414 g/mol. The lowest BCUT2D eigenvalue weighted by Crippen LogP contribution is -2.49. The second-order valence-corrected chi connectivity index (χ2v) is 7.15. The van der Waals surface area contributed by atoms with Gasteiger partial charge in [0.2, 0.25) is 0 Å². The summed E-state index contributed by atoms with van der Waals surface area (Å²) in [5.74, 6) is -0.527. The third-order valence-electron chi connectivity index (χ3n) is 4.67. The molecule has 2 heterocycles. The van der Waals surface area contributed by atoms with Crippen molar-refractivity contribution in [3.8, 4) is 0 Å². The van der Waals surface area contributed by atoms with Gasteiger partial charge in [-0.25, -0.2) is 4.79 Å². The predicted octanol–water partition coefficient (Wildman–Crippen LogP) is 3.94. The molecule has 0 saturated carbocycles. The second kappa shape index (κ2) is 6.61. The Hall–Kier alpha value is -2.60. The standard InChI is InChI=1S/C20H16BrNO4/c1-25-20(24)16-9-12-4-2-3-5-13(12)11-22(16)19(23)18-10-14-8-15(21)6-7-17(14)26-18/h2-8,10,16H,9,11H2,1H3. The zero-order valence-electron chi connectivity index (χ0n) is 14.1. The lowest BCUT2D eigenvalue weighted by Gasteiger charge is -2.34. The molecule has 5 nitrogen and oxygen atoms in total. The van der Waals surface area contributed by atoms with Gasteiger partial charge < -0.3 is 14.1 Å². The molecule has 3 aromatic rings. The highest BCUT2D eigenvalue weighted by Gasteiger charge is 2.36. The number of methoxy groups -OCH3 is 1. The molecule has 2 aromatic carbocycles. The van der Waals surface area contributed by atoms with E-state index in [4.69, 9.17) is 9.15 Å². The molecule has 0 N–H and O–H groups in total. The highest BCUT2D eigenvalue weighted by molar-refractivity contribution is 9.10. The molecule has 26 heavy (non-hydrogen) atoms.